The maximum absolute atomic E-state index is 13.4. The molecule has 3 rings (SSSR count). The van der Waals surface area contributed by atoms with Gasteiger partial charge in [0, 0.05) is 5.56 Å². The summed E-state index contributed by atoms with van der Waals surface area (Å²) in [7, 11) is -0.915. The van der Waals surface area contributed by atoms with Gasteiger partial charge in [0.1, 0.15) is 6.54 Å². The van der Waals surface area contributed by atoms with Crippen LogP contribution in [0.4, 0.5) is 5.69 Å². The van der Waals surface area contributed by atoms with Crippen LogP contribution in [0.3, 0.4) is 0 Å². The third-order valence-electron chi connectivity index (χ3n) is 5.55. The molecule has 35 heavy (non-hydrogen) atoms. The highest BCUT2D eigenvalue weighted by Gasteiger charge is 2.27. The number of ether oxygens (including phenoxy) is 2. The number of benzene rings is 3. The van der Waals surface area contributed by atoms with Crippen LogP contribution in [0.2, 0.25) is 0 Å². The Hall–Kier alpha value is -3.85. The predicted molar refractivity (Wildman–Crippen MR) is 137 cm³/mol. The summed E-state index contributed by atoms with van der Waals surface area (Å²) in [5, 5.41) is 4.16. The molecule has 9 heteroatoms. The van der Waals surface area contributed by atoms with Crippen LogP contribution < -0.4 is 19.2 Å². The van der Waals surface area contributed by atoms with Crippen molar-refractivity contribution in [3.8, 4) is 11.5 Å². The van der Waals surface area contributed by atoms with Crippen molar-refractivity contribution in [1.82, 2.24) is 5.43 Å². The molecule has 0 radical (unpaired) electrons. The van der Waals surface area contributed by atoms with Gasteiger partial charge in [-0.25, -0.2) is 13.8 Å². The summed E-state index contributed by atoms with van der Waals surface area (Å²) >= 11 is 0. The quantitative estimate of drug-likeness (QED) is 0.357. The first-order valence-corrected chi connectivity index (χ1v) is 12.3. The first kappa shape index (κ1) is 25.8. The fourth-order valence-corrected chi connectivity index (χ4v) is 4.79. The van der Waals surface area contributed by atoms with E-state index < -0.39 is 22.5 Å². The number of anilines is 1. The highest BCUT2D eigenvalue weighted by molar-refractivity contribution is 7.92. The van der Waals surface area contributed by atoms with E-state index in [4.69, 9.17) is 9.47 Å². The number of hydrogen-bond donors (Lipinski definition) is 1. The van der Waals surface area contributed by atoms with Crippen molar-refractivity contribution in [2.75, 3.05) is 25.1 Å². The van der Waals surface area contributed by atoms with Gasteiger partial charge in [0.05, 0.1) is 30.5 Å². The fourth-order valence-electron chi connectivity index (χ4n) is 3.35. The van der Waals surface area contributed by atoms with Gasteiger partial charge in [-0.3, -0.25) is 9.10 Å². The van der Waals surface area contributed by atoms with Crippen LogP contribution >= 0.6 is 0 Å². The van der Waals surface area contributed by atoms with Crippen LogP contribution in [0.25, 0.3) is 0 Å². The topological polar surface area (TPSA) is 97.3 Å². The number of aryl methyl sites for hydroxylation is 2. The number of nitrogens with zero attached hydrogens (tertiary/aromatic N) is 2. The van der Waals surface area contributed by atoms with Gasteiger partial charge in [0.2, 0.25) is 0 Å². The summed E-state index contributed by atoms with van der Waals surface area (Å²) in [6, 6.07) is 18.6. The molecule has 0 aliphatic heterocycles. The van der Waals surface area contributed by atoms with Crippen molar-refractivity contribution in [1.29, 1.82) is 0 Å². The lowest BCUT2D eigenvalue weighted by molar-refractivity contribution is -0.119. The number of sulfonamides is 1. The van der Waals surface area contributed by atoms with Gasteiger partial charge in [-0.15, -0.1) is 0 Å². The lowest BCUT2D eigenvalue weighted by atomic mass is 10.1. The van der Waals surface area contributed by atoms with E-state index in [1.54, 1.807) is 62.6 Å². The average molecular weight is 496 g/mol. The van der Waals surface area contributed by atoms with Gasteiger partial charge in [-0.2, -0.15) is 5.10 Å². The standard InChI is InChI=1S/C26H29N3O5S/c1-18-11-13-22(15-19(18)2)29(35(31,32)23-9-7-6-8-10-23)17-26(30)28-27-20(3)21-12-14-24(33-4)25(16-21)34-5/h6-16H,17H2,1-5H3,(H,28,30)/b27-20-. The molecule has 1 amide bonds. The number of nitrogens with one attached hydrogen (secondary N) is 1. The molecule has 3 aromatic rings. The van der Waals surface area contributed by atoms with Gasteiger partial charge >= 0.3 is 0 Å². The first-order chi connectivity index (χ1) is 16.7. The maximum Gasteiger partial charge on any atom is 0.264 e. The van der Waals surface area contributed by atoms with Gasteiger partial charge in [-0.1, -0.05) is 24.3 Å². The summed E-state index contributed by atoms with van der Waals surface area (Å²) in [5.74, 6) is 0.520. The average Bonchev–Trinajstić information content (AvgIpc) is 2.87. The van der Waals surface area contributed by atoms with Gasteiger partial charge < -0.3 is 9.47 Å². The lowest BCUT2D eigenvalue weighted by Gasteiger charge is -2.24. The fraction of sp³-hybridized carbons (Fsp3) is 0.231. The molecule has 0 aliphatic carbocycles. The Morgan fingerprint density at radius 3 is 2.23 bits per heavy atom. The Balaban J connectivity index is 1.87. The summed E-state index contributed by atoms with van der Waals surface area (Å²) < 4.78 is 38.5. The zero-order valence-corrected chi connectivity index (χ0v) is 21.2. The minimum absolute atomic E-state index is 0.0936. The molecule has 184 valence electrons. The Morgan fingerprint density at radius 2 is 1.60 bits per heavy atom. The van der Waals surface area contributed by atoms with Crippen LogP contribution in [0, 0.1) is 13.8 Å². The van der Waals surface area contributed by atoms with E-state index in [9.17, 15) is 13.2 Å². The minimum atomic E-state index is -3.99. The van der Waals surface area contributed by atoms with Crippen LogP contribution in [0.15, 0.2) is 76.7 Å². The number of amides is 1. The Bertz CT molecular complexity index is 1340. The van der Waals surface area contributed by atoms with Crippen LogP contribution in [-0.4, -0.2) is 40.8 Å². The van der Waals surface area contributed by atoms with Crippen molar-refractivity contribution in [2.45, 2.75) is 25.7 Å². The van der Waals surface area contributed by atoms with Crippen LogP contribution in [0.1, 0.15) is 23.6 Å². The highest BCUT2D eigenvalue weighted by atomic mass is 32.2. The number of carbonyl (C=O) groups is 1. The van der Waals surface area contributed by atoms with Crippen LogP contribution in [-0.2, 0) is 14.8 Å². The molecular formula is C26H29N3O5S. The molecule has 0 unspecified atom stereocenters. The zero-order valence-electron chi connectivity index (χ0n) is 20.4. The molecule has 8 nitrogen and oxygen atoms in total. The lowest BCUT2D eigenvalue weighted by Crippen LogP contribution is -2.39. The highest BCUT2D eigenvalue weighted by Crippen LogP contribution is 2.28. The van der Waals surface area contributed by atoms with Crippen molar-refractivity contribution in [3.63, 3.8) is 0 Å². The molecule has 0 fully saturated rings. The first-order valence-electron chi connectivity index (χ1n) is 10.9. The molecule has 0 aromatic heterocycles. The molecular weight excluding hydrogens is 466 g/mol. The number of carbonyl (C=O) groups excluding carboxylic acids is 1. The Kier molecular flexibility index (Phi) is 8.14. The molecule has 0 saturated heterocycles. The minimum Gasteiger partial charge on any atom is -0.493 e. The normalized spacial score (nSPS) is 11.6. The second kappa shape index (κ2) is 11.1. The number of hydrogen-bond acceptors (Lipinski definition) is 6. The second-order valence-corrected chi connectivity index (χ2v) is 9.76. The van der Waals surface area contributed by atoms with Gasteiger partial charge in [-0.05, 0) is 74.4 Å². The van der Waals surface area contributed by atoms with E-state index in [0.29, 0.717) is 28.5 Å². The number of hydrazone groups is 1. The van der Waals surface area contributed by atoms with Crippen molar-refractivity contribution in [3.05, 3.63) is 83.4 Å². The zero-order chi connectivity index (χ0) is 25.6. The summed E-state index contributed by atoms with van der Waals surface area (Å²) in [4.78, 5) is 12.9. The molecule has 0 saturated carbocycles. The van der Waals surface area contributed by atoms with E-state index in [1.165, 1.54) is 19.2 Å². The van der Waals surface area contributed by atoms with E-state index in [-0.39, 0.29) is 4.90 Å². The maximum atomic E-state index is 13.4. The number of rotatable bonds is 9. The third kappa shape index (κ3) is 5.99. The van der Waals surface area contributed by atoms with Gasteiger partial charge in [0.25, 0.3) is 15.9 Å². The molecule has 0 spiro atoms. The van der Waals surface area contributed by atoms with E-state index in [0.717, 1.165) is 15.4 Å². The third-order valence-corrected chi connectivity index (χ3v) is 7.33. The largest absolute Gasteiger partial charge is 0.493 e. The van der Waals surface area contributed by atoms with E-state index >= 15 is 0 Å². The Morgan fingerprint density at radius 1 is 0.914 bits per heavy atom. The summed E-state index contributed by atoms with van der Waals surface area (Å²) in [5.41, 5.74) is 6.03. The molecule has 0 aliphatic rings. The molecule has 0 atom stereocenters. The summed E-state index contributed by atoms with van der Waals surface area (Å²) in [6.07, 6.45) is 0. The van der Waals surface area contributed by atoms with E-state index in [1.807, 2.05) is 19.9 Å². The van der Waals surface area contributed by atoms with E-state index in [2.05, 4.69) is 10.5 Å². The Labute approximate surface area is 206 Å². The monoisotopic (exact) mass is 495 g/mol. The molecule has 0 heterocycles. The smallest absolute Gasteiger partial charge is 0.264 e. The summed E-state index contributed by atoms with van der Waals surface area (Å²) in [6.45, 7) is 5.11. The van der Waals surface area contributed by atoms with Crippen molar-refractivity contribution >= 4 is 27.3 Å². The second-order valence-electron chi connectivity index (χ2n) is 7.90. The number of methoxy groups -OCH3 is 2. The van der Waals surface area contributed by atoms with Gasteiger partial charge in [0.15, 0.2) is 11.5 Å². The van der Waals surface area contributed by atoms with Crippen LogP contribution in [0.5, 0.6) is 11.5 Å². The molecule has 3 aromatic carbocycles. The SMILES string of the molecule is COc1ccc(/C(C)=N\NC(=O)CN(c2ccc(C)c(C)c2)S(=O)(=O)c2ccccc2)cc1OC. The van der Waals surface area contributed by atoms with Crippen molar-refractivity contribution in [2.24, 2.45) is 5.10 Å². The predicted octanol–water partition coefficient (Wildman–Crippen LogP) is 4.06. The molecule has 1 N–H and O–H groups in total. The van der Waals surface area contributed by atoms with Crippen molar-refractivity contribution < 1.29 is 22.7 Å². The molecule has 0 bridgehead atoms.